The molecule has 0 bridgehead atoms. The second kappa shape index (κ2) is 8.28. The van der Waals surface area contributed by atoms with Crippen LogP contribution in [-0.2, 0) is 11.2 Å². The van der Waals surface area contributed by atoms with Crippen LogP contribution >= 0.6 is 0 Å². The van der Waals surface area contributed by atoms with E-state index in [4.69, 9.17) is 0 Å². The van der Waals surface area contributed by atoms with Gasteiger partial charge in [-0.15, -0.1) is 0 Å². The molecule has 1 aromatic rings. The fourth-order valence-electron chi connectivity index (χ4n) is 4.13. The Morgan fingerprint density at radius 3 is 2.60 bits per heavy atom. The molecule has 2 saturated heterocycles. The number of hydrogen-bond donors (Lipinski definition) is 1. The highest BCUT2D eigenvalue weighted by Crippen LogP contribution is 2.26. The third kappa shape index (κ3) is 4.59. The highest BCUT2D eigenvalue weighted by Gasteiger charge is 2.35. The Hall–Kier alpha value is -1.46. The number of amides is 1. The SMILES string of the molecule is Cc1cc(CC(=O)N2CC(CO)C(CN3CCCCC3)C2)ccc1F. The van der Waals surface area contributed by atoms with E-state index in [1.807, 2.05) is 4.90 Å². The average Bonchev–Trinajstić information content (AvgIpc) is 3.02. The summed E-state index contributed by atoms with van der Waals surface area (Å²) in [5.41, 5.74) is 1.42. The van der Waals surface area contributed by atoms with Crippen LogP contribution in [0.25, 0.3) is 0 Å². The summed E-state index contributed by atoms with van der Waals surface area (Å²) in [5, 5.41) is 9.72. The lowest BCUT2D eigenvalue weighted by molar-refractivity contribution is -0.129. The number of aryl methyl sites for hydroxylation is 1. The number of halogens is 1. The molecule has 138 valence electrons. The predicted molar refractivity (Wildman–Crippen MR) is 95.8 cm³/mol. The first-order chi connectivity index (χ1) is 12.1. The minimum atomic E-state index is -0.237. The summed E-state index contributed by atoms with van der Waals surface area (Å²) in [6, 6.07) is 4.86. The molecule has 0 aromatic heterocycles. The molecular formula is C20H29FN2O2. The van der Waals surface area contributed by atoms with E-state index in [1.54, 1.807) is 19.1 Å². The van der Waals surface area contributed by atoms with Crippen molar-refractivity contribution in [2.45, 2.75) is 32.6 Å². The van der Waals surface area contributed by atoms with Crippen molar-refractivity contribution in [3.63, 3.8) is 0 Å². The Morgan fingerprint density at radius 2 is 1.92 bits per heavy atom. The van der Waals surface area contributed by atoms with Gasteiger partial charge < -0.3 is 14.9 Å². The van der Waals surface area contributed by atoms with Gasteiger partial charge >= 0.3 is 0 Å². The zero-order valence-electron chi connectivity index (χ0n) is 15.1. The van der Waals surface area contributed by atoms with Gasteiger partial charge in [0.15, 0.2) is 0 Å². The Labute approximate surface area is 149 Å². The van der Waals surface area contributed by atoms with Crippen LogP contribution in [0.5, 0.6) is 0 Å². The van der Waals surface area contributed by atoms with Crippen molar-refractivity contribution < 1.29 is 14.3 Å². The minimum Gasteiger partial charge on any atom is -0.396 e. The number of benzene rings is 1. The van der Waals surface area contributed by atoms with Crippen molar-refractivity contribution in [3.05, 3.63) is 35.1 Å². The molecule has 2 unspecified atom stereocenters. The smallest absolute Gasteiger partial charge is 0.227 e. The van der Waals surface area contributed by atoms with E-state index >= 15 is 0 Å². The molecule has 2 heterocycles. The van der Waals surface area contributed by atoms with Gasteiger partial charge in [0.1, 0.15) is 5.82 Å². The van der Waals surface area contributed by atoms with Gasteiger partial charge in [-0.2, -0.15) is 0 Å². The number of aliphatic hydroxyl groups is 1. The monoisotopic (exact) mass is 348 g/mol. The molecule has 0 radical (unpaired) electrons. The van der Waals surface area contributed by atoms with E-state index < -0.39 is 0 Å². The predicted octanol–water partition coefficient (Wildman–Crippen LogP) is 2.23. The van der Waals surface area contributed by atoms with Crippen LogP contribution < -0.4 is 0 Å². The molecule has 1 N–H and O–H groups in total. The van der Waals surface area contributed by atoms with Crippen LogP contribution in [0, 0.1) is 24.6 Å². The van der Waals surface area contributed by atoms with E-state index in [9.17, 15) is 14.3 Å². The van der Waals surface area contributed by atoms with Gasteiger partial charge in [-0.05, 0) is 56.0 Å². The molecule has 25 heavy (non-hydrogen) atoms. The molecule has 4 nitrogen and oxygen atoms in total. The number of carbonyl (C=O) groups excluding carboxylic acids is 1. The average molecular weight is 348 g/mol. The first-order valence-corrected chi connectivity index (χ1v) is 9.43. The maximum absolute atomic E-state index is 13.4. The lowest BCUT2D eigenvalue weighted by atomic mass is 9.95. The molecule has 2 atom stereocenters. The number of carbonyl (C=O) groups is 1. The highest BCUT2D eigenvalue weighted by molar-refractivity contribution is 5.79. The highest BCUT2D eigenvalue weighted by atomic mass is 19.1. The van der Waals surface area contributed by atoms with Gasteiger partial charge in [0, 0.05) is 32.2 Å². The largest absolute Gasteiger partial charge is 0.396 e. The van der Waals surface area contributed by atoms with Crippen LogP contribution in [0.4, 0.5) is 4.39 Å². The number of likely N-dealkylation sites (tertiary alicyclic amines) is 2. The summed E-state index contributed by atoms with van der Waals surface area (Å²) in [7, 11) is 0. The molecule has 5 heteroatoms. The van der Waals surface area contributed by atoms with Crippen LogP contribution in [0.2, 0.25) is 0 Å². The van der Waals surface area contributed by atoms with Crippen LogP contribution in [0.15, 0.2) is 18.2 Å². The van der Waals surface area contributed by atoms with Crippen molar-refractivity contribution in [2.24, 2.45) is 11.8 Å². The van der Waals surface area contributed by atoms with Gasteiger partial charge in [0.25, 0.3) is 0 Å². The molecule has 2 fully saturated rings. The van der Waals surface area contributed by atoms with E-state index in [2.05, 4.69) is 4.90 Å². The summed E-state index contributed by atoms with van der Waals surface area (Å²) in [6.07, 6.45) is 4.12. The van der Waals surface area contributed by atoms with Crippen molar-refractivity contribution in [3.8, 4) is 0 Å². The molecule has 2 aliphatic rings. The second-order valence-corrected chi connectivity index (χ2v) is 7.62. The minimum absolute atomic E-state index is 0.0746. The van der Waals surface area contributed by atoms with Gasteiger partial charge in [-0.1, -0.05) is 18.6 Å². The van der Waals surface area contributed by atoms with Crippen LogP contribution in [0.1, 0.15) is 30.4 Å². The van der Waals surface area contributed by atoms with Crippen LogP contribution in [-0.4, -0.2) is 60.1 Å². The Morgan fingerprint density at radius 1 is 1.20 bits per heavy atom. The second-order valence-electron chi connectivity index (χ2n) is 7.62. The maximum atomic E-state index is 13.4. The molecule has 2 aliphatic heterocycles. The van der Waals surface area contributed by atoms with E-state index in [-0.39, 0.29) is 24.2 Å². The fourth-order valence-corrected chi connectivity index (χ4v) is 4.13. The number of hydrogen-bond acceptors (Lipinski definition) is 3. The number of piperidine rings is 1. The molecular weight excluding hydrogens is 319 g/mol. The van der Waals surface area contributed by atoms with Gasteiger partial charge in [0.2, 0.25) is 5.91 Å². The van der Waals surface area contributed by atoms with Gasteiger partial charge in [-0.25, -0.2) is 4.39 Å². The molecule has 0 aliphatic carbocycles. The quantitative estimate of drug-likeness (QED) is 0.887. The lowest BCUT2D eigenvalue weighted by Crippen LogP contribution is -2.37. The van der Waals surface area contributed by atoms with Gasteiger partial charge in [-0.3, -0.25) is 4.79 Å². The van der Waals surface area contributed by atoms with Crippen molar-refractivity contribution in [1.82, 2.24) is 9.80 Å². The first-order valence-electron chi connectivity index (χ1n) is 9.43. The third-order valence-electron chi connectivity index (χ3n) is 5.68. The fraction of sp³-hybridized carbons (Fsp3) is 0.650. The Bertz CT molecular complexity index is 601. The topological polar surface area (TPSA) is 43.8 Å². The van der Waals surface area contributed by atoms with Crippen molar-refractivity contribution in [1.29, 1.82) is 0 Å². The summed E-state index contributed by atoms with van der Waals surface area (Å²) in [4.78, 5) is 17.0. The molecule has 3 rings (SSSR count). The zero-order valence-corrected chi connectivity index (χ0v) is 15.1. The number of rotatable bonds is 5. The summed E-state index contributed by atoms with van der Waals surface area (Å²) < 4.78 is 13.4. The summed E-state index contributed by atoms with van der Waals surface area (Å²) >= 11 is 0. The van der Waals surface area contributed by atoms with E-state index in [1.165, 1.54) is 25.3 Å². The van der Waals surface area contributed by atoms with Gasteiger partial charge in [0.05, 0.1) is 6.42 Å². The third-order valence-corrected chi connectivity index (χ3v) is 5.68. The van der Waals surface area contributed by atoms with Crippen molar-refractivity contribution >= 4 is 5.91 Å². The maximum Gasteiger partial charge on any atom is 0.227 e. The van der Waals surface area contributed by atoms with E-state index in [0.29, 0.717) is 24.4 Å². The number of aliphatic hydroxyl groups excluding tert-OH is 1. The molecule has 0 saturated carbocycles. The van der Waals surface area contributed by atoms with E-state index in [0.717, 1.165) is 31.7 Å². The summed E-state index contributed by atoms with van der Waals surface area (Å²) in [6.45, 7) is 6.46. The Balaban J connectivity index is 1.58. The lowest BCUT2D eigenvalue weighted by Gasteiger charge is -2.30. The molecule has 1 aromatic carbocycles. The standard InChI is InChI=1S/C20H29FN2O2/c1-15-9-16(5-6-19(15)21)10-20(25)23-12-17(18(13-23)14-24)11-22-7-3-2-4-8-22/h5-6,9,17-18,24H,2-4,7-8,10-14H2,1H3. The normalized spacial score (nSPS) is 24.7. The molecule has 0 spiro atoms. The first kappa shape index (κ1) is 18.3. The van der Waals surface area contributed by atoms with Crippen LogP contribution in [0.3, 0.4) is 0 Å². The zero-order chi connectivity index (χ0) is 17.8. The molecule has 1 amide bonds. The summed E-state index contributed by atoms with van der Waals surface area (Å²) in [5.74, 6) is 0.354. The number of nitrogens with zero attached hydrogens (tertiary/aromatic N) is 2. The van der Waals surface area contributed by atoms with Crippen molar-refractivity contribution in [2.75, 3.05) is 39.3 Å². The Kier molecular flexibility index (Phi) is 6.07.